The Hall–Kier alpha value is -1.35. The van der Waals surface area contributed by atoms with Crippen molar-refractivity contribution in [3.63, 3.8) is 0 Å². The lowest BCUT2D eigenvalue weighted by molar-refractivity contribution is 0.533. The van der Waals surface area contributed by atoms with Gasteiger partial charge in [0.25, 0.3) is 0 Å². The molecule has 0 radical (unpaired) electrons. The molecule has 2 aromatic rings. The zero-order valence-electron chi connectivity index (χ0n) is 11.9. The molecule has 0 atom stereocenters. The first-order valence-corrected chi connectivity index (χ1v) is 7.53. The molecule has 19 heavy (non-hydrogen) atoms. The molecule has 0 spiro atoms. The third-order valence-corrected chi connectivity index (χ3v) is 3.45. The number of fused-ring (bicyclic) bond motifs is 1. The summed E-state index contributed by atoms with van der Waals surface area (Å²) in [5, 5.41) is 9.15. The van der Waals surface area contributed by atoms with E-state index >= 15 is 0 Å². The molecule has 0 saturated carbocycles. The summed E-state index contributed by atoms with van der Waals surface area (Å²) >= 11 is 0. The maximum Gasteiger partial charge on any atom is 0.0682 e. The van der Waals surface area contributed by atoms with Crippen LogP contribution in [-0.4, -0.2) is 22.9 Å². The summed E-state index contributed by atoms with van der Waals surface area (Å²) < 4.78 is 2.13. The van der Waals surface area contributed by atoms with Crippen LogP contribution < -0.4 is 5.32 Å². The van der Waals surface area contributed by atoms with Gasteiger partial charge in [-0.05, 0) is 38.4 Å². The Kier molecular flexibility index (Phi) is 5.89. The molecule has 0 fully saturated rings. The Morgan fingerprint density at radius 2 is 1.89 bits per heavy atom. The normalized spacial score (nSPS) is 11.2. The fraction of sp³-hybridized carbons (Fsp3) is 0.562. The largest absolute Gasteiger partial charge is 0.317 e. The van der Waals surface area contributed by atoms with Crippen molar-refractivity contribution in [3.8, 4) is 0 Å². The zero-order valence-corrected chi connectivity index (χ0v) is 11.9. The third kappa shape index (κ3) is 4.35. The topological polar surface area (TPSA) is 29.9 Å². The number of nitrogens with one attached hydrogen (secondary N) is 1. The summed E-state index contributed by atoms with van der Waals surface area (Å²) in [6.07, 6.45) is 8.31. The first-order chi connectivity index (χ1) is 9.42. The van der Waals surface area contributed by atoms with Crippen LogP contribution in [0.15, 0.2) is 30.5 Å². The second-order valence-corrected chi connectivity index (χ2v) is 5.09. The number of nitrogens with zero attached hydrogens (tertiary/aromatic N) is 2. The van der Waals surface area contributed by atoms with Crippen molar-refractivity contribution in [3.05, 3.63) is 30.5 Å². The molecule has 0 amide bonds. The molecule has 0 saturated heterocycles. The van der Waals surface area contributed by atoms with Gasteiger partial charge in [0.15, 0.2) is 0 Å². The SMILES string of the molecule is CCCNCCCCCCn1ncc2ccccc21. The average molecular weight is 259 g/mol. The van der Waals surface area contributed by atoms with Crippen LogP contribution in [0.4, 0.5) is 0 Å². The van der Waals surface area contributed by atoms with Gasteiger partial charge in [0.05, 0.1) is 11.7 Å². The number of hydrogen-bond acceptors (Lipinski definition) is 2. The second-order valence-electron chi connectivity index (χ2n) is 5.09. The molecular formula is C16H25N3. The van der Waals surface area contributed by atoms with Crippen LogP contribution in [0.3, 0.4) is 0 Å². The van der Waals surface area contributed by atoms with Crippen LogP contribution in [0.2, 0.25) is 0 Å². The number of hydrogen-bond donors (Lipinski definition) is 1. The summed E-state index contributed by atoms with van der Waals surface area (Å²) in [6.45, 7) is 5.56. The lowest BCUT2D eigenvalue weighted by atomic mass is 10.2. The fourth-order valence-corrected chi connectivity index (χ4v) is 2.37. The van der Waals surface area contributed by atoms with E-state index in [2.05, 4.69) is 46.3 Å². The van der Waals surface area contributed by atoms with E-state index in [9.17, 15) is 0 Å². The van der Waals surface area contributed by atoms with Gasteiger partial charge in [0.2, 0.25) is 0 Å². The molecule has 3 nitrogen and oxygen atoms in total. The minimum Gasteiger partial charge on any atom is -0.317 e. The van der Waals surface area contributed by atoms with Crippen LogP contribution >= 0.6 is 0 Å². The molecule has 104 valence electrons. The van der Waals surface area contributed by atoms with Gasteiger partial charge < -0.3 is 5.32 Å². The van der Waals surface area contributed by atoms with Gasteiger partial charge in [-0.3, -0.25) is 4.68 Å². The van der Waals surface area contributed by atoms with Crippen molar-refractivity contribution in [2.75, 3.05) is 13.1 Å². The minimum absolute atomic E-state index is 1.04. The monoisotopic (exact) mass is 259 g/mol. The maximum atomic E-state index is 4.46. The molecule has 1 aromatic carbocycles. The lowest BCUT2D eigenvalue weighted by Crippen LogP contribution is -2.15. The van der Waals surface area contributed by atoms with Gasteiger partial charge >= 0.3 is 0 Å². The standard InChI is InChI=1S/C16H25N3/c1-2-11-17-12-7-3-4-8-13-19-16-10-6-5-9-15(16)14-18-19/h5-6,9-10,14,17H,2-4,7-8,11-13H2,1H3. The van der Waals surface area contributed by atoms with Gasteiger partial charge in [-0.25, -0.2) is 0 Å². The summed E-state index contributed by atoms with van der Waals surface area (Å²) in [5.41, 5.74) is 1.26. The molecule has 0 bridgehead atoms. The molecule has 3 heteroatoms. The molecule has 0 unspecified atom stereocenters. The second kappa shape index (κ2) is 7.95. The smallest absolute Gasteiger partial charge is 0.0682 e. The van der Waals surface area contributed by atoms with Crippen molar-refractivity contribution >= 4 is 10.9 Å². The van der Waals surface area contributed by atoms with E-state index in [0.717, 1.165) is 13.1 Å². The third-order valence-electron chi connectivity index (χ3n) is 3.45. The van der Waals surface area contributed by atoms with E-state index in [-0.39, 0.29) is 0 Å². The average Bonchev–Trinajstić information content (AvgIpc) is 2.85. The van der Waals surface area contributed by atoms with Gasteiger partial charge in [-0.2, -0.15) is 5.10 Å². The number of rotatable bonds is 9. The highest BCUT2D eigenvalue weighted by Gasteiger charge is 2.00. The van der Waals surface area contributed by atoms with Gasteiger partial charge in [-0.1, -0.05) is 38.0 Å². The van der Waals surface area contributed by atoms with E-state index in [1.54, 1.807) is 0 Å². The van der Waals surface area contributed by atoms with E-state index in [4.69, 9.17) is 0 Å². The van der Waals surface area contributed by atoms with Gasteiger partial charge in [0.1, 0.15) is 0 Å². The van der Waals surface area contributed by atoms with Crippen LogP contribution in [0.25, 0.3) is 10.9 Å². The van der Waals surface area contributed by atoms with Gasteiger partial charge in [0, 0.05) is 11.9 Å². The Balaban J connectivity index is 1.63. The Labute approximate surface area is 116 Å². The Morgan fingerprint density at radius 3 is 2.79 bits per heavy atom. The molecule has 1 heterocycles. The van der Waals surface area contributed by atoms with Crippen LogP contribution in [0.1, 0.15) is 39.0 Å². The highest BCUT2D eigenvalue weighted by Crippen LogP contribution is 2.13. The number of unbranched alkanes of at least 4 members (excludes halogenated alkanes) is 3. The van der Waals surface area contributed by atoms with E-state index < -0.39 is 0 Å². The quantitative estimate of drug-likeness (QED) is 0.697. The fourth-order valence-electron chi connectivity index (χ4n) is 2.37. The van der Waals surface area contributed by atoms with Gasteiger partial charge in [-0.15, -0.1) is 0 Å². The molecule has 0 aliphatic heterocycles. The van der Waals surface area contributed by atoms with Crippen molar-refractivity contribution in [2.24, 2.45) is 0 Å². The van der Waals surface area contributed by atoms with Crippen molar-refractivity contribution in [2.45, 2.75) is 45.6 Å². The predicted molar refractivity (Wildman–Crippen MR) is 81.4 cm³/mol. The van der Waals surface area contributed by atoms with Crippen LogP contribution in [-0.2, 0) is 6.54 Å². The molecular weight excluding hydrogens is 234 g/mol. The summed E-state index contributed by atoms with van der Waals surface area (Å²) in [7, 11) is 0. The Bertz CT molecular complexity index is 476. The Morgan fingerprint density at radius 1 is 1.05 bits per heavy atom. The number of aromatic nitrogens is 2. The zero-order chi connectivity index (χ0) is 13.3. The molecule has 0 aliphatic rings. The molecule has 2 rings (SSSR count). The van der Waals surface area contributed by atoms with E-state index in [0.29, 0.717) is 0 Å². The highest BCUT2D eigenvalue weighted by molar-refractivity contribution is 5.78. The summed E-state index contributed by atoms with van der Waals surface area (Å²) in [6, 6.07) is 8.42. The van der Waals surface area contributed by atoms with Crippen molar-refractivity contribution in [1.82, 2.24) is 15.1 Å². The molecule has 1 N–H and O–H groups in total. The first kappa shape index (κ1) is 14.1. The number of para-hydroxylation sites is 1. The predicted octanol–water partition coefficient (Wildman–Crippen LogP) is 3.60. The maximum absolute atomic E-state index is 4.46. The molecule has 0 aliphatic carbocycles. The number of benzene rings is 1. The van der Waals surface area contributed by atoms with E-state index in [1.807, 2.05) is 6.20 Å². The highest BCUT2D eigenvalue weighted by atomic mass is 15.3. The van der Waals surface area contributed by atoms with E-state index in [1.165, 1.54) is 49.6 Å². The number of aryl methyl sites for hydroxylation is 1. The van der Waals surface area contributed by atoms with Crippen molar-refractivity contribution < 1.29 is 0 Å². The van der Waals surface area contributed by atoms with Crippen molar-refractivity contribution in [1.29, 1.82) is 0 Å². The summed E-state index contributed by atoms with van der Waals surface area (Å²) in [4.78, 5) is 0. The molecule has 1 aromatic heterocycles. The minimum atomic E-state index is 1.04. The van der Waals surface area contributed by atoms with Crippen LogP contribution in [0, 0.1) is 0 Å². The lowest BCUT2D eigenvalue weighted by Gasteiger charge is -2.05. The van der Waals surface area contributed by atoms with Crippen LogP contribution in [0.5, 0.6) is 0 Å². The summed E-state index contributed by atoms with van der Waals surface area (Å²) in [5.74, 6) is 0. The first-order valence-electron chi connectivity index (χ1n) is 7.53.